The van der Waals surface area contributed by atoms with Crippen molar-refractivity contribution < 1.29 is 27.4 Å². The smallest absolute Gasteiger partial charge is 0.229 e. The minimum absolute atomic E-state index is 0.0447. The van der Waals surface area contributed by atoms with Gasteiger partial charge in [-0.2, -0.15) is 4.98 Å². The van der Waals surface area contributed by atoms with Gasteiger partial charge in [0.05, 0.1) is 32.1 Å². The summed E-state index contributed by atoms with van der Waals surface area (Å²) in [5.74, 6) is 2.37. The number of hydrogen-bond acceptors (Lipinski definition) is 10. The number of ether oxygens (including phenoxy) is 3. The molecule has 39 heavy (non-hydrogen) atoms. The molecule has 0 aliphatic carbocycles. The molecular formula is C27H33N5O6S. The van der Waals surface area contributed by atoms with Crippen LogP contribution in [-0.2, 0) is 21.2 Å². The third-order valence-corrected chi connectivity index (χ3v) is 7.62. The minimum atomic E-state index is -3.25. The summed E-state index contributed by atoms with van der Waals surface area (Å²) in [5.41, 5.74) is 1.50. The van der Waals surface area contributed by atoms with Crippen molar-refractivity contribution in [2.24, 2.45) is 5.92 Å². The molecule has 2 aromatic carbocycles. The molecule has 2 N–H and O–H groups in total. The van der Waals surface area contributed by atoms with Gasteiger partial charge in [0, 0.05) is 49.9 Å². The van der Waals surface area contributed by atoms with E-state index in [2.05, 4.69) is 25.5 Å². The lowest BCUT2D eigenvalue weighted by Crippen LogP contribution is -2.43. The molecule has 4 rings (SSSR count). The Kier molecular flexibility index (Phi) is 8.75. The molecule has 11 nitrogen and oxygen atoms in total. The van der Waals surface area contributed by atoms with Gasteiger partial charge >= 0.3 is 0 Å². The highest BCUT2D eigenvalue weighted by molar-refractivity contribution is 7.90. The zero-order valence-electron chi connectivity index (χ0n) is 22.4. The molecule has 1 aliphatic heterocycles. The molecule has 0 spiro atoms. The van der Waals surface area contributed by atoms with Gasteiger partial charge in [0.15, 0.2) is 21.3 Å². The van der Waals surface area contributed by atoms with E-state index in [0.29, 0.717) is 47.8 Å². The number of nitrogens with zero attached hydrogens (tertiary/aromatic N) is 3. The molecule has 1 fully saturated rings. The Balaban J connectivity index is 1.40. The number of sulfone groups is 1. The molecule has 12 heteroatoms. The first kappa shape index (κ1) is 28.0. The summed E-state index contributed by atoms with van der Waals surface area (Å²) < 4.78 is 39.5. The average Bonchev–Trinajstić information content (AvgIpc) is 2.95. The third kappa shape index (κ3) is 6.88. The second kappa shape index (κ2) is 12.2. The van der Waals surface area contributed by atoms with Crippen LogP contribution in [-0.4, -0.2) is 65.0 Å². The maximum atomic E-state index is 12.9. The molecule has 0 saturated carbocycles. The number of anilines is 3. The van der Waals surface area contributed by atoms with Crippen molar-refractivity contribution >= 4 is 33.2 Å². The molecule has 3 aromatic rings. The number of hydrogen-bond donors (Lipinski definition) is 2. The molecule has 208 valence electrons. The SMILES string of the molecule is COc1cc(Nc2nccc(N3CCCC(C(=O)NCc4ccc(S(C)(=O)=O)cc4)C3)n2)cc(OC)c1OC. The highest BCUT2D eigenvalue weighted by Crippen LogP contribution is 2.40. The number of carbonyl (C=O) groups excluding carboxylic acids is 1. The van der Waals surface area contributed by atoms with Crippen molar-refractivity contribution in [3.05, 3.63) is 54.2 Å². The maximum Gasteiger partial charge on any atom is 0.229 e. The average molecular weight is 556 g/mol. The quantitative estimate of drug-likeness (QED) is 0.384. The molecule has 2 heterocycles. The second-order valence-electron chi connectivity index (χ2n) is 9.20. The summed E-state index contributed by atoms with van der Waals surface area (Å²) in [6.45, 7) is 1.63. The molecule has 1 atom stereocenters. The van der Waals surface area contributed by atoms with Gasteiger partial charge < -0.3 is 29.7 Å². The van der Waals surface area contributed by atoms with Crippen molar-refractivity contribution in [3.63, 3.8) is 0 Å². The minimum Gasteiger partial charge on any atom is -0.493 e. The molecule has 0 radical (unpaired) electrons. The number of benzene rings is 2. The van der Waals surface area contributed by atoms with Crippen molar-refractivity contribution in [2.45, 2.75) is 24.3 Å². The van der Waals surface area contributed by atoms with Crippen molar-refractivity contribution in [2.75, 3.05) is 50.9 Å². The second-order valence-corrected chi connectivity index (χ2v) is 11.2. The standard InChI is InChI=1S/C27H33N5O6S/c1-36-22-14-20(15-23(37-2)25(22)38-3)30-27-28-12-11-24(31-27)32-13-5-6-19(17-32)26(33)29-16-18-7-9-21(10-8-18)39(4,34)35/h7-12,14-15,19H,5-6,13,16-17H2,1-4H3,(H,29,33)(H,28,30,31). The highest BCUT2D eigenvalue weighted by atomic mass is 32.2. The van der Waals surface area contributed by atoms with Crippen LogP contribution in [0, 0.1) is 5.92 Å². The topological polar surface area (TPSA) is 132 Å². The van der Waals surface area contributed by atoms with Gasteiger partial charge in [-0.1, -0.05) is 12.1 Å². The molecule has 1 saturated heterocycles. The molecule has 0 bridgehead atoms. The highest BCUT2D eigenvalue weighted by Gasteiger charge is 2.27. The summed E-state index contributed by atoms with van der Waals surface area (Å²) in [6, 6.07) is 11.9. The summed E-state index contributed by atoms with van der Waals surface area (Å²) >= 11 is 0. The van der Waals surface area contributed by atoms with E-state index in [1.165, 1.54) is 6.26 Å². The van der Waals surface area contributed by atoms with Gasteiger partial charge in [-0.15, -0.1) is 0 Å². The molecule has 1 amide bonds. The number of nitrogens with one attached hydrogen (secondary N) is 2. The fraction of sp³-hybridized carbons (Fsp3) is 0.370. The first-order chi connectivity index (χ1) is 18.7. The van der Waals surface area contributed by atoms with Crippen LogP contribution in [0.25, 0.3) is 0 Å². The number of methoxy groups -OCH3 is 3. The van der Waals surface area contributed by atoms with Crippen molar-refractivity contribution in [1.29, 1.82) is 0 Å². The van der Waals surface area contributed by atoms with Crippen LogP contribution < -0.4 is 29.7 Å². The lowest BCUT2D eigenvalue weighted by atomic mass is 9.97. The fourth-order valence-electron chi connectivity index (χ4n) is 4.46. The fourth-order valence-corrected chi connectivity index (χ4v) is 5.09. The first-order valence-corrected chi connectivity index (χ1v) is 14.3. The van der Waals surface area contributed by atoms with Crippen LogP contribution in [0.2, 0.25) is 0 Å². The van der Waals surface area contributed by atoms with Gasteiger partial charge in [0.2, 0.25) is 17.6 Å². The summed E-state index contributed by atoms with van der Waals surface area (Å²) in [6.07, 6.45) is 4.47. The lowest BCUT2D eigenvalue weighted by molar-refractivity contribution is -0.125. The predicted octanol–water partition coefficient (Wildman–Crippen LogP) is 3.18. The van der Waals surface area contributed by atoms with E-state index in [1.807, 2.05) is 6.07 Å². The normalized spacial score (nSPS) is 15.4. The summed E-state index contributed by atoms with van der Waals surface area (Å²) in [4.78, 5) is 24.3. The van der Waals surface area contributed by atoms with Crippen LogP contribution in [0.3, 0.4) is 0 Å². The monoisotopic (exact) mass is 555 g/mol. The van der Waals surface area contributed by atoms with E-state index < -0.39 is 9.84 Å². The van der Waals surface area contributed by atoms with E-state index in [4.69, 9.17) is 14.2 Å². The van der Waals surface area contributed by atoms with Gasteiger partial charge in [0.1, 0.15) is 5.82 Å². The third-order valence-electron chi connectivity index (χ3n) is 6.50. The largest absolute Gasteiger partial charge is 0.493 e. The first-order valence-electron chi connectivity index (χ1n) is 12.4. The maximum absolute atomic E-state index is 12.9. The number of amides is 1. The van der Waals surface area contributed by atoms with Crippen molar-refractivity contribution in [3.8, 4) is 17.2 Å². The van der Waals surface area contributed by atoms with Gasteiger partial charge in [-0.3, -0.25) is 4.79 Å². The Morgan fingerprint density at radius 1 is 1.05 bits per heavy atom. The number of carbonyl (C=O) groups is 1. The van der Waals surface area contributed by atoms with E-state index in [9.17, 15) is 13.2 Å². The Bertz CT molecular complexity index is 1390. The zero-order chi connectivity index (χ0) is 28.0. The number of rotatable bonds is 10. The Hall–Kier alpha value is -4.06. The van der Waals surface area contributed by atoms with E-state index in [0.717, 1.165) is 24.9 Å². The van der Waals surface area contributed by atoms with Crippen LogP contribution in [0.1, 0.15) is 18.4 Å². The molecule has 1 aliphatic rings. The number of piperidine rings is 1. The van der Waals surface area contributed by atoms with Gasteiger partial charge in [-0.05, 0) is 36.6 Å². The lowest BCUT2D eigenvalue weighted by Gasteiger charge is -2.33. The summed E-state index contributed by atoms with van der Waals surface area (Å²) in [7, 11) is 1.39. The van der Waals surface area contributed by atoms with Crippen LogP contribution in [0.5, 0.6) is 17.2 Å². The molecule has 1 unspecified atom stereocenters. The molecule has 1 aromatic heterocycles. The van der Waals surface area contributed by atoms with E-state index in [-0.39, 0.29) is 16.7 Å². The number of aromatic nitrogens is 2. The Morgan fingerprint density at radius 3 is 2.36 bits per heavy atom. The van der Waals surface area contributed by atoms with Crippen LogP contribution in [0.4, 0.5) is 17.5 Å². The van der Waals surface area contributed by atoms with Gasteiger partial charge in [-0.25, -0.2) is 13.4 Å². The van der Waals surface area contributed by atoms with Crippen molar-refractivity contribution in [1.82, 2.24) is 15.3 Å². The Morgan fingerprint density at radius 2 is 1.74 bits per heavy atom. The van der Waals surface area contributed by atoms with E-state index >= 15 is 0 Å². The zero-order valence-corrected chi connectivity index (χ0v) is 23.2. The van der Waals surface area contributed by atoms with Crippen LogP contribution >= 0.6 is 0 Å². The van der Waals surface area contributed by atoms with Gasteiger partial charge in [0.25, 0.3) is 0 Å². The van der Waals surface area contributed by atoms with Crippen LogP contribution in [0.15, 0.2) is 53.6 Å². The van der Waals surface area contributed by atoms with E-state index in [1.54, 1.807) is 63.9 Å². The summed E-state index contributed by atoms with van der Waals surface area (Å²) in [5, 5.41) is 6.17. The Labute approximate surface area is 228 Å². The predicted molar refractivity (Wildman–Crippen MR) is 148 cm³/mol. The molecular weight excluding hydrogens is 522 g/mol.